The number of nitrogens with zero attached hydrogens (tertiary/aromatic N) is 3. The summed E-state index contributed by atoms with van der Waals surface area (Å²) in [7, 11) is 0.862. The SMILES string of the molecule is CCCCOCCOc1ccc(-c2ccc(N(C)CC(C)C)c(C=CC(=O)Nc3ccc(S(=O)Cc4cncn4CCC)cc3)c2)cc1. The first kappa shape index (κ1) is 36.6. The molecule has 0 radical (unpaired) electrons. The molecule has 3 aromatic carbocycles. The van der Waals surface area contributed by atoms with Gasteiger partial charge in [0.05, 0.1) is 35.2 Å². The van der Waals surface area contributed by atoms with Gasteiger partial charge < -0.3 is 24.3 Å². The Morgan fingerprint density at radius 2 is 1.73 bits per heavy atom. The van der Waals surface area contributed by atoms with Gasteiger partial charge in [-0.25, -0.2) is 4.98 Å². The van der Waals surface area contributed by atoms with Crippen molar-refractivity contribution in [2.75, 3.05) is 43.6 Å². The topological polar surface area (TPSA) is 85.7 Å². The Labute approximate surface area is 288 Å². The molecule has 1 atom stereocenters. The van der Waals surface area contributed by atoms with Crippen LogP contribution in [-0.2, 0) is 32.6 Å². The van der Waals surface area contributed by atoms with E-state index in [0.29, 0.717) is 35.5 Å². The molecule has 0 aliphatic heterocycles. The molecule has 0 aliphatic carbocycles. The molecular weight excluding hydrogens is 621 g/mol. The number of hydrogen-bond acceptors (Lipinski definition) is 6. The Kier molecular flexibility index (Phi) is 14.5. The van der Waals surface area contributed by atoms with Gasteiger partial charge in [0.15, 0.2) is 0 Å². The second kappa shape index (κ2) is 19.0. The van der Waals surface area contributed by atoms with Gasteiger partial charge in [-0.3, -0.25) is 9.00 Å². The van der Waals surface area contributed by atoms with Crippen LogP contribution in [-0.4, -0.2) is 53.1 Å². The molecule has 0 bridgehead atoms. The van der Waals surface area contributed by atoms with E-state index in [9.17, 15) is 9.00 Å². The number of benzene rings is 3. The zero-order valence-corrected chi connectivity index (χ0v) is 29.8. The van der Waals surface area contributed by atoms with Crippen LogP contribution in [0, 0.1) is 5.92 Å². The summed E-state index contributed by atoms with van der Waals surface area (Å²) in [5.74, 6) is 1.44. The van der Waals surface area contributed by atoms with E-state index in [1.54, 1.807) is 42.9 Å². The van der Waals surface area contributed by atoms with Crippen LogP contribution in [0.25, 0.3) is 17.2 Å². The van der Waals surface area contributed by atoms with Crippen LogP contribution in [0.3, 0.4) is 0 Å². The van der Waals surface area contributed by atoms with Gasteiger partial charge in [-0.1, -0.05) is 52.3 Å². The van der Waals surface area contributed by atoms with E-state index in [4.69, 9.17) is 9.47 Å². The number of carbonyl (C=O) groups excluding carboxylic acids is 1. The van der Waals surface area contributed by atoms with E-state index < -0.39 is 10.8 Å². The first-order chi connectivity index (χ1) is 23.3. The Morgan fingerprint density at radius 1 is 0.979 bits per heavy atom. The van der Waals surface area contributed by atoms with Crippen molar-refractivity contribution in [3.63, 3.8) is 0 Å². The van der Waals surface area contributed by atoms with Gasteiger partial charge in [-0.05, 0) is 90.1 Å². The smallest absolute Gasteiger partial charge is 0.248 e. The number of rotatable bonds is 19. The number of aryl methyl sites for hydroxylation is 1. The molecular formula is C39H50N4O4S. The molecule has 8 nitrogen and oxygen atoms in total. The zero-order valence-electron chi connectivity index (χ0n) is 29.0. The number of ether oxygens (including phenoxy) is 2. The van der Waals surface area contributed by atoms with E-state index in [0.717, 1.165) is 72.8 Å². The Bertz CT molecular complexity index is 1630. The lowest BCUT2D eigenvalue weighted by atomic mass is 10.0. The predicted octanol–water partition coefficient (Wildman–Crippen LogP) is 8.21. The minimum absolute atomic E-state index is 0.240. The Morgan fingerprint density at radius 3 is 2.44 bits per heavy atom. The Balaban J connectivity index is 1.42. The molecule has 4 aromatic rings. The molecule has 256 valence electrons. The first-order valence-corrected chi connectivity index (χ1v) is 18.2. The van der Waals surface area contributed by atoms with E-state index >= 15 is 0 Å². The van der Waals surface area contributed by atoms with Crippen LogP contribution in [0.5, 0.6) is 5.75 Å². The minimum atomic E-state index is -1.22. The summed E-state index contributed by atoms with van der Waals surface area (Å²) in [6, 6.07) is 21.6. The molecule has 1 N–H and O–H groups in total. The number of amides is 1. The lowest BCUT2D eigenvalue weighted by molar-refractivity contribution is -0.111. The van der Waals surface area contributed by atoms with Crippen LogP contribution in [0.1, 0.15) is 58.2 Å². The van der Waals surface area contributed by atoms with Crippen molar-refractivity contribution in [1.82, 2.24) is 9.55 Å². The number of aromatic nitrogens is 2. The number of carbonyl (C=O) groups is 1. The second-order valence-corrected chi connectivity index (χ2v) is 13.8. The maximum atomic E-state index is 13.0. The highest BCUT2D eigenvalue weighted by atomic mass is 32.2. The van der Waals surface area contributed by atoms with Crippen LogP contribution < -0.4 is 15.0 Å². The quantitative estimate of drug-likeness (QED) is 0.0800. The fourth-order valence-electron chi connectivity index (χ4n) is 5.34. The lowest BCUT2D eigenvalue weighted by Gasteiger charge is -2.24. The van der Waals surface area contributed by atoms with Crippen molar-refractivity contribution in [1.29, 1.82) is 0 Å². The fourth-order valence-corrected chi connectivity index (χ4v) is 6.45. The molecule has 48 heavy (non-hydrogen) atoms. The Hall–Kier alpha value is -4.21. The third-order valence-electron chi connectivity index (χ3n) is 7.75. The van der Waals surface area contributed by atoms with E-state index in [1.807, 2.05) is 22.8 Å². The van der Waals surface area contributed by atoms with Gasteiger partial charge in [-0.15, -0.1) is 0 Å². The van der Waals surface area contributed by atoms with Gasteiger partial charge in [-0.2, -0.15) is 0 Å². The number of hydrogen-bond donors (Lipinski definition) is 1. The number of anilines is 2. The fraction of sp³-hybridized carbons (Fsp3) is 0.385. The molecule has 0 saturated heterocycles. The zero-order chi connectivity index (χ0) is 34.3. The van der Waals surface area contributed by atoms with Crippen LogP contribution in [0.4, 0.5) is 11.4 Å². The maximum Gasteiger partial charge on any atom is 0.248 e. The molecule has 1 amide bonds. The molecule has 1 unspecified atom stereocenters. The summed E-state index contributed by atoms with van der Waals surface area (Å²) in [5.41, 5.74) is 5.70. The standard InChI is InChI=1S/C39H50N4O4S/c1-6-8-22-46-23-24-47-36-15-9-31(10-16-36)32-11-19-38(42(5)27-30(3)4)33(25-32)12-20-39(44)41-34-13-17-37(18-14-34)48(45)28-35-26-40-29-43(35)21-7-2/h9-20,25-26,29-30H,6-8,21-24,27-28H2,1-5H3,(H,41,44). The van der Waals surface area contributed by atoms with E-state index in [1.165, 1.54) is 0 Å². The normalized spacial score (nSPS) is 12.0. The van der Waals surface area contributed by atoms with Crippen molar-refractivity contribution >= 4 is 34.2 Å². The summed E-state index contributed by atoms with van der Waals surface area (Å²) in [6.45, 7) is 12.2. The summed E-state index contributed by atoms with van der Waals surface area (Å²) >= 11 is 0. The van der Waals surface area contributed by atoms with Crippen LogP contribution >= 0.6 is 0 Å². The average molecular weight is 671 g/mol. The maximum absolute atomic E-state index is 13.0. The predicted molar refractivity (Wildman–Crippen MR) is 198 cm³/mol. The van der Waals surface area contributed by atoms with Crippen LogP contribution in [0.2, 0.25) is 0 Å². The van der Waals surface area contributed by atoms with Gasteiger partial charge >= 0.3 is 0 Å². The molecule has 4 rings (SSSR count). The molecule has 0 fully saturated rings. The van der Waals surface area contributed by atoms with Gasteiger partial charge in [0.2, 0.25) is 5.91 Å². The molecule has 0 saturated carbocycles. The first-order valence-electron chi connectivity index (χ1n) is 16.9. The highest BCUT2D eigenvalue weighted by molar-refractivity contribution is 7.84. The molecule has 1 aromatic heterocycles. The van der Waals surface area contributed by atoms with Crippen molar-refractivity contribution in [3.05, 3.63) is 96.6 Å². The van der Waals surface area contributed by atoms with Crippen molar-refractivity contribution < 1.29 is 18.5 Å². The van der Waals surface area contributed by atoms with Crippen molar-refractivity contribution in [2.45, 2.75) is 64.2 Å². The third-order valence-corrected chi connectivity index (χ3v) is 9.10. The molecule has 9 heteroatoms. The minimum Gasteiger partial charge on any atom is -0.491 e. The van der Waals surface area contributed by atoms with Gasteiger partial charge in [0.1, 0.15) is 12.4 Å². The molecule has 1 heterocycles. The monoisotopic (exact) mass is 670 g/mol. The number of imidazole rings is 1. The summed E-state index contributed by atoms with van der Waals surface area (Å²) in [6.07, 6.45) is 10.2. The highest BCUT2D eigenvalue weighted by Gasteiger charge is 2.12. The summed E-state index contributed by atoms with van der Waals surface area (Å²) < 4.78 is 26.5. The number of nitrogens with one attached hydrogen (secondary N) is 1. The lowest BCUT2D eigenvalue weighted by Crippen LogP contribution is -2.23. The van der Waals surface area contributed by atoms with E-state index in [2.05, 4.69) is 80.3 Å². The van der Waals surface area contributed by atoms with Crippen molar-refractivity contribution in [3.8, 4) is 16.9 Å². The van der Waals surface area contributed by atoms with E-state index in [-0.39, 0.29) is 5.91 Å². The number of unbranched alkanes of at least 4 members (excludes halogenated alkanes) is 1. The summed E-state index contributed by atoms with van der Waals surface area (Å²) in [5, 5.41) is 2.94. The summed E-state index contributed by atoms with van der Waals surface area (Å²) in [4.78, 5) is 20.2. The molecule has 0 aliphatic rings. The average Bonchev–Trinajstić information content (AvgIpc) is 3.51. The largest absolute Gasteiger partial charge is 0.491 e. The van der Waals surface area contributed by atoms with Gasteiger partial charge in [0, 0.05) is 55.3 Å². The van der Waals surface area contributed by atoms with Crippen LogP contribution in [0.15, 0.2) is 90.2 Å². The third kappa shape index (κ3) is 11.2. The highest BCUT2D eigenvalue weighted by Crippen LogP contribution is 2.30. The molecule has 0 spiro atoms. The second-order valence-electron chi connectivity index (χ2n) is 12.3. The van der Waals surface area contributed by atoms with Gasteiger partial charge in [0.25, 0.3) is 0 Å². The van der Waals surface area contributed by atoms with Crippen molar-refractivity contribution in [2.24, 2.45) is 5.92 Å².